The maximum atomic E-state index is 13.2. The van der Waals surface area contributed by atoms with E-state index in [1.165, 1.54) is 12.1 Å². The van der Waals surface area contributed by atoms with E-state index in [9.17, 15) is 14.0 Å². The van der Waals surface area contributed by atoms with E-state index in [1.807, 2.05) is 37.3 Å². The molecule has 3 aromatic rings. The van der Waals surface area contributed by atoms with E-state index >= 15 is 0 Å². The monoisotopic (exact) mass is 372 g/mol. The van der Waals surface area contributed by atoms with Gasteiger partial charge in [-0.25, -0.2) is 9.37 Å². The summed E-state index contributed by atoms with van der Waals surface area (Å²) in [5.41, 5.74) is 1.45. The van der Waals surface area contributed by atoms with Gasteiger partial charge in [0.15, 0.2) is 11.7 Å². The number of thiazole rings is 1. The highest BCUT2D eigenvalue weighted by Crippen LogP contribution is 2.26. The van der Waals surface area contributed by atoms with Crippen LogP contribution < -0.4 is 5.32 Å². The Labute approximate surface area is 153 Å². The number of rotatable bonds is 6. The molecule has 0 aliphatic heterocycles. The lowest BCUT2D eigenvalue weighted by Gasteiger charge is -2.14. The van der Waals surface area contributed by atoms with E-state index in [4.69, 9.17) is 4.74 Å². The number of hydrogen-bond donors (Lipinski definition) is 1. The molecule has 0 bridgehead atoms. The maximum absolute atomic E-state index is 13.2. The first-order valence-electron chi connectivity index (χ1n) is 8.14. The summed E-state index contributed by atoms with van der Waals surface area (Å²) in [5, 5.41) is 2.91. The van der Waals surface area contributed by atoms with Crippen LogP contribution in [0.5, 0.6) is 0 Å². The van der Waals surface area contributed by atoms with E-state index in [2.05, 4.69) is 10.3 Å². The number of halogens is 1. The molecule has 0 unspecified atom stereocenters. The predicted molar refractivity (Wildman–Crippen MR) is 98.6 cm³/mol. The smallest absolute Gasteiger partial charge is 0.313 e. The molecule has 0 spiro atoms. The van der Waals surface area contributed by atoms with Gasteiger partial charge in [-0.15, -0.1) is 0 Å². The number of carbonyl (C=O) groups excluding carboxylic acids is 2. The zero-order chi connectivity index (χ0) is 18.5. The molecule has 26 heavy (non-hydrogen) atoms. The zero-order valence-electron chi connectivity index (χ0n) is 14.1. The van der Waals surface area contributed by atoms with Gasteiger partial charge >= 0.3 is 5.97 Å². The molecule has 0 saturated carbocycles. The maximum Gasteiger partial charge on any atom is 0.313 e. The molecule has 1 aromatic heterocycles. The van der Waals surface area contributed by atoms with Gasteiger partial charge in [0.25, 0.3) is 5.91 Å². The van der Waals surface area contributed by atoms with Crippen molar-refractivity contribution in [3.8, 4) is 0 Å². The Balaban J connectivity index is 1.58. The molecule has 7 heteroatoms. The molecule has 1 atom stereocenters. The summed E-state index contributed by atoms with van der Waals surface area (Å²) in [6.45, 7) is 1.49. The number of fused-ring (bicyclic) bond motifs is 1. The lowest BCUT2D eigenvalue weighted by Crippen LogP contribution is -2.23. The Morgan fingerprint density at radius 2 is 2.00 bits per heavy atom. The third kappa shape index (κ3) is 4.23. The van der Waals surface area contributed by atoms with Crippen molar-refractivity contribution in [1.29, 1.82) is 0 Å². The Morgan fingerprint density at radius 3 is 2.73 bits per heavy atom. The molecule has 0 aliphatic rings. The Bertz CT molecular complexity index is 927. The van der Waals surface area contributed by atoms with E-state index < -0.39 is 24.4 Å². The number of anilines is 1. The van der Waals surface area contributed by atoms with Crippen molar-refractivity contribution in [2.45, 2.75) is 19.3 Å². The normalized spacial score (nSPS) is 11.9. The van der Waals surface area contributed by atoms with Crippen LogP contribution in [-0.2, 0) is 14.3 Å². The van der Waals surface area contributed by atoms with Crippen molar-refractivity contribution in [2.75, 3.05) is 11.9 Å². The topological polar surface area (TPSA) is 68.3 Å². The second kappa shape index (κ2) is 8.05. The number of hydrogen-bond acceptors (Lipinski definition) is 5. The third-order valence-corrected chi connectivity index (χ3v) is 4.77. The molecule has 1 N–H and O–H groups in total. The molecule has 3 rings (SSSR count). The highest BCUT2D eigenvalue weighted by atomic mass is 32.1. The molecular weight excluding hydrogens is 355 g/mol. The summed E-state index contributed by atoms with van der Waals surface area (Å²) in [4.78, 5) is 28.5. The minimum atomic E-state index is -0.485. The molecule has 0 radical (unpaired) electrons. The number of esters is 1. The molecule has 0 fully saturated rings. The predicted octanol–water partition coefficient (Wildman–Crippen LogP) is 4.11. The van der Waals surface area contributed by atoms with E-state index in [-0.39, 0.29) is 5.82 Å². The van der Waals surface area contributed by atoms with Crippen molar-refractivity contribution >= 4 is 38.6 Å². The van der Waals surface area contributed by atoms with Gasteiger partial charge in [-0.2, -0.15) is 0 Å². The van der Waals surface area contributed by atoms with Gasteiger partial charge in [0.05, 0.1) is 16.1 Å². The van der Waals surface area contributed by atoms with Gasteiger partial charge in [0, 0.05) is 0 Å². The molecule has 1 amide bonds. The number of aromatic nitrogens is 1. The van der Waals surface area contributed by atoms with Crippen molar-refractivity contribution in [1.82, 2.24) is 4.98 Å². The van der Waals surface area contributed by atoms with Gasteiger partial charge in [-0.05, 0) is 30.2 Å². The van der Waals surface area contributed by atoms with E-state index in [0.717, 1.165) is 16.9 Å². The number of nitrogens with zero attached hydrogens (tertiary/aromatic N) is 1. The highest BCUT2D eigenvalue weighted by Gasteiger charge is 2.21. The summed E-state index contributed by atoms with van der Waals surface area (Å²) < 4.78 is 19.0. The summed E-state index contributed by atoms with van der Waals surface area (Å²) in [7, 11) is 0. The van der Waals surface area contributed by atoms with Crippen LogP contribution in [0.4, 0.5) is 9.52 Å². The fourth-order valence-electron chi connectivity index (χ4n) is 2.57. The Hall–Kier alpha value is -2.80. The average Bonchev–Trinajstić information content (AvgIpc) is 3.02. The summed E-state index contributed by atoms with van der Waals surface area (Å²) in [5.74, 6) is -1.70. The highest BCUT2D eigenvalue weighted by molar-refractivity contribution is 7.22. The van der Waals surface area contributed by atoms with Crippen LogP contribution >= 0.6 is 11.3 Å². The van der Waals surface area contributed by atoms with Crippen molar-refractivity contribution in [3.63, 3.8) is 0 Å². The lowest BCUT2D eigenvalue weighted by molar-refractivity contribution is -0.149. The van der Waals surface area contributed by atoms with Crippen molar-refractivity contribution < 1.29 is 18.7 Å². The Kier molecular flexibility index (Phi) is 5.58. The second-order valence-electron chi connectivity index (χ2n) is 5.66. The fourth-order valence-corrected chi connectivity index (χ4v) is 3.48. The molecule has 0 saturated heterocycles. The van der Waals surface area contributed by atoms with Gasteiger partial charge in [-0.3, -0.25) is 14.9 Å². The Morgan fingerprint density at radius 1 is 1.23 bits per heavy atom. The molecule has 1 heterocycles. The summed E-state index contributed by atoms with van der Waals surface area (Å²) in [6.07, 6.45) is 0.577. The number of benzene rings is 2. The summed E-state index contributed by atoms with van der Waals surface area (Å²) >= 11 is 1.16. The van der Waals surface area contributed by atoms with E-state index in [1.54, 1.807) is 6.07 Å². The summed E-state index contributed by atoms with van der Waals surface area (Å²) in [6, 6.07) is 13.5. The largest absolute Gasteiger partial charge is 0.455 e. The van der Waals surface area contributed by atoms with Crippen LogP contribution in [0.15, 0.2) is 48.5 Å². The van der Waals surface area contributed by atoms with Crippen LogP contribution in [-0.4, -0.2) is 23.5 Å². The van der Waals surface area contributed by atoms with Gasteiger partial charge in [0.2, 0.25) is 0 Å². The number of nitrogens with one attached hydrogen (secondary N) is 1. The number of carbonyl (C=O) groups is 2. The van der Waals surface area contributed by atoms with Crippen LogP contribution in [0.3, 0.4) is 0 Å². The minimum Gasteiger partial charge on any atom is -0.455 e. The molecule has 2 aromatic carbocycles. The molecular formula is C19H17FN2O3S. The fraction of sp³-hybridized carbons (Fsp3) is 0.211. The average molecular weight is 372 g/mol. The van der Waals surface area contributed by atoms with Gasteiger partial charge < -0.3 is 4.74 Å². The minimum absolute atomic E-state index is 0.335. The first-order valence-corrected chi connectivity index (χ1v) is 8.96. The quantitative estimate of drug-likeness (QED) is 0.661. The van der Waals surface area contributed by atoms with Crippen molar-refractivity contribution in [3.05, 3.63) is 59.9 Å². The molecule has 5 nitrogen and oxygen atoms in total. The van der Waals surface area contributed by atoms with Gasteiger partial charge in [-0.1, -0.05) is 48.6 Å². The second-order valence-corrected chi connectivity index (χ2v) is 6.69. The van der Waals surface area contributed by atoms with Crippen LogP contribution in [0, 0.1) is 5.82 Å². The standard InChI is InChI=1S/C19H17FN2O3S/c1-2-14(12-6-4-3-5-7-12)18(24)25-11-17(23)22-19-21-15-9-8-13(20)10-16(15)26-19/h3-10,14H,2,11H2,1H3,(H,21,22,23)/t14-/m0/s1. The first kappa shape index (κ1) is 18.0. The van der Waals surface area contributed by atoms with E-state index in [0.29, 0.717) is 21.8 Å². The third-order valence-electron chi connectivity index (χ3n) is 3.84. The zero-order valence-corrected chi connectivity index (χ0v) is 14.9. The number of ether oxygens (including phenoxy) is 1. The lowest BCUT2D eigenvalue weighted by atomic mass is 9.97. The van der Waals surface area contributed by atoms with Crippen LogP contribution in [0.25, 0.3) is 10.2 Å². The van der Waals surface area contributed by atoms with Gasteiger partial charge in [0.1, 0.15) is 5.82 Å². The van der Waals surface area contributed by atoms with Crippen LogP contribution in [0.1, 0.15) is 24.8 Å². The van der Waals surface area contributed by atoms with Crippen LogP contribution in [0.2, 0.25) is 0 Å². The number of amides is 1. The molecule has 0 aliphatic carbocycles. The first-order chi connectivity index (χ1) is 12.6. The van der Waals surface area contributed by atoms with Crippen molar-refractivity contribution in [2.24, 2.45) is 0 Å². The SMILES string of the molecule is CC[C@H](C(=O)OCC(=O)Nc1nc2ccc(F)cc2s1)c1ccccc1. The molecule has 134 valence electrons.